The average Bonchev–Trinajstić information content (AvgIpc) is 2.76. The third kappa shape index (κ3) is 14.8. The zero-order valence-corrected chi connectivity index (χ0v) is 18.2. The molecule has 0 radical (unpaired) electrons. The third-order valence-corrected chi connectivity index (χ3v) is 3.58. The van der Waals surface area contributed by atoms with E-state index in [4.69, 9.17) is 39.7 Å². The number of benzene rings is 4. The predicted octanol–water partition coefficient (Wildman–Crippen LogP) is 2.72. The molecule has 4 N–H and O–H groups in total. The standard InChI is InChI=1S/C12H10O2.2C6H6O.H3O4P/c13-11-5-1-9(2-6-11)10-3-7-12(14)8-4-10;2*7-6-4-2-1-3-5-6;1-5(2,3)4/h1-8,13-14H;2*1-5,7H;(H3,1,2,3,4)/p-3. The predicted molar refractivity (Wildman–Crippen MR) is 119 cm³/mol. The maximum absolute atomic E-state index is 9.11. The van der Waals surface area contributed by atoms with Crippen LogP contribution in [0, 0.1) is 0 Å². The van der Waals surface area contributed by atoms with Crippen LogP contribution in [0.2, 0.25) is 0 Å². The van der Waals surface area contributed by atoms with E-state index >= 15 is 0 Å². The fourth-order valence-electron chi connectivity index (χ4n) is 2.16. The fraction of sp³-hybridized carbons (Fsp3) is 0. The molecule has 0 saturated carbocycles. The van der Waals surface area contributed by atoms with Crippen LogP contribution in [-0.2, 0) is 4.57 Å². The molecule has 0 heterocycles. The molecule has 0 aliphatic carbocycles. The van der Waals surface area contributed by atoms with Gasteiger partial charge >= 0.3 is 0 Å². The molecule has 0 fully saturated rings. The molecule has 0 aliphatic heterocycles. The number of para-hydroxylation sites is 2. The van der Waals surface area contributed by atoms with Gasteiger partial charge in [0.1, 0.15) is 23.0 Å². The Morgan fingerprint density at radius 2 is 0.636 bits per heavy atom. The van der Waals surface area contributed by atoms with Crippen molar-refractivity contribution in [2.45, 2.75) is 0 Å². The van der Waals surface area contributed by atoms with Gasteiger partial charge in [0, 0.05) is 0 Å². The number of phosphoric acid groups is 1. The van der Waals surface area contributed by atoms with Crippen molar-refractivity contribution in [1.82, 2.24) is 0 Å². The highest BCUT2D eigenvalue weighted by molar-refractivity contribution is 7.40. The van der Waals surface area contributed by atoms with Crippen molar-refractivity contribution in [1.29, 1.82) is 0 Å². The van der Waals surface area contributed by atoms with Gasteiger partial charge in [-0.15, -0.1) is 0 Å². The Kier molecular flexibility index (Phi) is 11.8. The van der Waals surface area contributed by atoms with Gasteiger partial charge in [0.25, 0.3) is 0 Å². The Morgan fingerprint density at radius 3 is 0.818 bits per heavy atom. The van der Waals surface area contributed by atoms with Gasteiger partial charge < -0.3 is 39.7 Å². The molecule has 0 aromatic heterocycles. The molecule has 4 aromatic carbocycles. The monoisotopic (exact) mass is 469 g/mol. The summed E-state index contributed by atoms with van der Waals surface area (Å²) in [5.41, 5.74) is 2.03. The lowest BCUT2D eigenvalue weighted by atomic mass is 10.1. The van der Waals surface area contributed by atoms with Gasteiger partial charge in [-0.05, 0) is 59.7 Å². The van der Waals surface area contributed by atoms with E-state index in [1.54, 1.807) is 72.8 Å². The number of rotatable bonds is 1. The van der Waals surface area contributed by atoms with Crippen LogP contribution < -0.4 is 14.7 Å². The highest BCUT2D eigenvalue weighted by Gasteiger charge is 1.97. The summed E-state index contributed by atoms with van der Waals surface area (Å²) in [5, 5.41) is 35.5. The molecule has 0 bridgehead atoms. The van der Waals surface area contributed by atoms with Gasteiger partial charge in [0.05, 0.1) is 0 Å². The number of aromatic hydroxyl groups is 4. The first-order chi connectivity index (χ1) is 15.5. The fourth-order valence-corrected chi connectivity index (χ4v) is 2.16. The molecular weight excluding hydrogens is 447 g/mol. The van der Waals surface area contributed by atoms with Crippen molar-refractivity contribution in [3.63, 3.8) is 0 Å². The summed E-state index contributed by atoms with van der Waals surface area (Å²) in [6.45, 7) is 0. The molecule has 9 heteroatoms. The van der Waals surface area contributed by atoms with Crippen LogP contribution in [0.3, 0.4) is 0 Å². The minimum absolute atomic E-state index is 0.257. The van der Waals surface area contributed by atoms with Gasteiger partial charge in [0.15, 0.2) is 0 Å². The maximum atomic E-state index is 9.11. The second kappa shape index (κ2) is 14.3. The van der Waals surface area contributed by atoms with Crippen molar-refractivity contribution in [3.8, 4) is 34.1 Å². The summed E-state index contributed by atoms with van der Waals surface area (Å²) in [6, 6.07) is 31.3. The van der Waals surface area contributed by atoms with E-state index in [9.17, 15) is 0 Å². The number of phenolic OH excluding ortho intramolecular Hbond substituents is 4. The lowest BCUT2D eigenvalue weighted by Crippen LogP contribution is -2.24. The maximum Gasteiger partial charge on any atom is 0.115 e. The Balaban J connectivity index is 0.000000243. The first-order valence-corrected chi connectivity index (χ1v) is 10.8. The summed E-state index contributed by atoms with van der Waals surface area (Å²) in [4.78, 5) is 25.6. The molecular formula is C24H22O8P-3. The first kappa shape index (κ1) is 27.2. The van der Waals surface area contributed by atoms with Crippen LogP contribution in [0.5, 0.6) is 23.0 Å². The van der Waals surface area contributed by atoms with Crippen LogP contribution in [0.15, 0.2) is 109 Å². The third-order valence-electron chi connectivity index (χ3n) is 3.58. The Morgan fingerprint density at radius 1 is 0.424 bits per heavy atom. The molecule has 0 spiro atoms. The summed E-state index contributed by atoms with van der Waals surface area (Å²) in [5.74, 6) is 1.16. The van der Waals surface area contributed by atoms with Crippen LogP contribution in [-0.4, -0.2) is 20.4 Å². The zero-order chi connectivity index (χ0) is 24.7. The lowest BCUT2D eigenvalue weighted by Gasteiger charge is -2.36. The molecule has 0 atom stereocenters. The van der Waals surface area contributed by atoms with Crippen molar-refractivity contribution >= 4 is 7.82 Å². The number of hydrogen-bond acceptors (Lipinski definition) is 8. The highest BCUT2D eigenvalue weighted by Crippen LogP contribution is 2.23. The van der Waals surface area contributed by atoms with E-state index in [0.29, 0.717) is 11.5 Å². The van der Waals surface area contributed by atoms with Crippen LogP contribution in [0.25, 0.3) is 11.1 Å². The molecule has 0 saturated heterocycles. The number of phenols is 4. The van der Waals surface area contributed by atoms with Gasteiger partial charge in [0.2, 0.25) is 0 Å². The summed E-state index contributed by atoms with van der Waals surface area (Å²) in [7, 11) is -5.39. The lowest BCUT2D eigenvalue weighted by molar-refractivity contribution is -0.432. The summed E-state index contributed by atoms with van der Waals surface area (Å²) < 4.78 is 8.55. The number of hydrogen-bond donors (Lipinski definition) is 4. The van der Waals surface area contributed by atoms with E-state index in [2.05, 4.69) is 0 Å². The highest BCUT2D eigenvalue weighted by atomic mass is 31.2. The second-order valence-corrected chi connectivity index (χ2v) is 7.11. The minimum atomic E-state index is -5.39. The van der Waals surface area contributed by atoms with Crippen LogP contribution in [0.1, 0.15) is 0 Å². The first-order valence-electron chi connectivity index (χ1n) is 9.34. The normalized spacial score (nSPS) is 9.67. The summed E-state index contributed by atoms with van der Waals surface area (Å²) in [6.07, 6.45) is 0. The smallest absolute Gasteiger partial charge is 0.115 e. The van der Waals surface area contributed by atoms with Crippen LogP contribution in [0.4, 0.5) is 0 Å². The molecule has 4 aromatic rings. The quantitative estimate of drug-likeness (QED) is 0.309. The molecule has 4 rings (SSSR count). The van der Waals surface area contributed by atoms with Crippen molar-refractivity contribution in [2.24, 2.45) is 0 Å². The molecule has 0 amide bonds. The van der Waals surface area contributed by atoms with Crippen molar-refractivity contribution in [2.75, 3.05) is 0 Å². The molecule has 0 aliphatic rings. The molecule has 33 heavy (non-hydrogen) atoms. The van der Waals surface area contributed by atoms with Gasteiger partial charge in [-0.3, -0.25) is 0 Å². The molecule has 8 nitrogen and oxygen atoms in total. The minimum Gasteiger partial charge on any atom is -0.822 e. The largest absolute Gasteiger partial charge is 0.822 e. The topological polar surface area (TPSA) is 167 Å². The Bertz CT molecular complexity index is 992. The van der Waals surface area contributed by atoms with E-state index in [1.807, 2.05) is 36.4 Å². The van der Waals surface area contributed by atoms with Gasteiger partial charge in [-0.2, -0.15) is 7.82 Å². The zero-order valence-electron chi connectivity index (χ0n) is 17.3. The van der Waals surface area contributed by atoms with Crippen LogP contribution >= 0.6 is 7.82 Å². The van der Waals surface area contributed by atoms with Gasteiger partial charge in [-0.1, -0.05) is 60.7 Å². The molecule has 174 valence electrons. The Hall–Kier alpha value is -3.81. The van der Waals surface area contributed by atoms with Crippen molar-refractivity contribution in [3.05, 3.63) is 109 Å². The van der Waals surface area contributed by atoms with E-state index in [0.717, 1.165) is 11.1 Å². The Labute approximate surface area is 191 Å². The van der Waals surface area contributed by atoms with E-state index in [-0.39, 0.29) is 11.5 Å². The SMILES string of the molecule is O=P([O-])([O-])[O-].Oc1ccc(-c2ccc(O)cc2)cc1.Oc1ccccc1.Oc1ccccc1. The van der Waals surface area contributed by atoms with E-state index in [1.165, 1.54) is 0 Å². The van der Waals surface area contributed by atoms with Gasteiger partial charge in [-0.25, -0.2) is 0 Å². The second-order valence-electron chi connectivity index (χ2n) is 6.21. The molecule has 0 unspecified atom stereocenters. The summed E-state index contributed by atoms with van der Waals surface area (Å²) >= 11 is 0. The average molecular weight is 469 g/mol. The van der Waals surface area contributed by atoms with Crippen molar-refractivity contribution < 1.29 is 39.7 Å². The van der Waals surface area contributed by atoms with E-state index < -0.39 is 7.82 Å².